The van der Waals surface area contributed by atoms with E-state index in [0.29, 0.717) is 12.4 Å². The summed E-state index contributed by atoms with van der Waals surface area (Å²) in [6.07, 6.45) is 0. The van der Waals surface area contributed by atoms with E-state index in [-0.39, 0.29) is 4.88 Å². The third-order valence-corrected chi connectivity index (χ3v) is 3.66. The quantitative estimate of drug-likeness (QED) is 0.912. The maximum atomic E-state index is 10.8. The van der Waals surface area contributed by atoms with E-state index in [1.807, 2.05) is 12.3 Å². The number of aromatic nitrogens is 1. The van der Waals surface area contributed by atoms with Crippen molar-refractivity contribution in [2.75, 3.05) is 0 Å². The zero-order valence-electron chi connectivity index (χ0n) is 8.47. The van der Waals surface area contributed by atoms with Crippen LogP contribution in [0.3, 0.4) is 0 Å². The van der Waals surface area contributed by atoms with Gasteiger partial charge in [-0.05, 0) is 18.4 Å². The number of carbonyl (C=O) groups is 1. The van der Waals surface area contributed by atoms with Crippen molar-refractivity contribution in [1.29, 1.82) is 0 Å². The second-order valence-electron chi connectivity index (χ2n) is 3.09. The van der Waals surface area contributed by atoms with Gasteiger partial charge < -0.3 is 9.84 Å². The van der Waals surface area contributed by atoms with Crippen LogP contribution in [0.25, 0.3) is 0 Å². The lowest BCUT2D eigenvalue weighted by atomic mass is 10.4. The summed E-state index contributed by atoms with van der Waals surface area (Å²) in [7, 11) is 0. The Bertz CT molecular complexity index is 504. The minimum absolute atomic E-state index is 0.230. The highest BCUT2D eigenvalue weighted by atomic mass is 32.1. The van der Waals surface area contributed by atoms with Gasteiger partial charge in [-0.3, -0.25) is 0 Å². The minimum Gasteiger partial charge on any atom is -0.485 e. The molecule has 0 amide bonds. The van der Waals surface area contributed by atoms with Crippen LogP contribution in [0.1, 0.15) is 20.4 Å². The average molecular weight is 255 g/mol. The zero-order valence-corrected chi connectivity index (χ0v) is 10.1. The maximum absolute atomic E-state index is 10.8. The lowest BCUT2D eigenvalue weighted by Crippen LogP contribution is -1.99. The molecule has 84 valence electrons. The summed E-state index contributed by atoms with van der Waals surface area (Å²) in [4.78, 5) is 15.3. The number of nitrogens with zero attached hydrogens (tertiary/aromatic N) is 1. The number of aryl methyl sites for hydroxylation is 1. The lowest BCUT2D eigenvalue weighted by Gasteiger charge is -2.02. The molecule has 1 N–H and O–H groups in total. The van der Waals surface area contributed by atoms with Gasteiger partial charge in [-0.2, -0.15) is 0 Å². The third-order valence-electron chi connectivity index (χ3n) is 1.84. The average Bonchev–Trinajstić information content (AvgIpc) is 2.83. The van der Waals surface area contributed by atoms with Crippen LogP contribution in [-0.4, -0.2) is 16.1 Å². The van der Waals surface area contributed by atoms with Gasteiger partial charge in [0.05, 0.1) is 0 Å². The Morgan fingerprint density at radius 3 is 3.00 bits per heavy atom. The van der Waals surface area contributed by atoms with Crippen LogP contribution >= 0.6 is 22.7 Å². The van der Waals surface area contributed by atoms with Gasteiger partial charge in [-0.15, -0.1) is 22.7 Å². The zero-order chi connectivity index (χ0) is 11.5. The van der Waals surface area contributed by atoms with E-state index in [4.69, 9.17) is 9.84 Å². The van der Waals surface area contributed by atoms with Gasteiger partial charge in [-0.25, -0.2) is 9.78 Å². The van der Waals surface area contributed by atoms with Crippen LogP contribution in [0.2, 0.25) is 0 Å². The largest absolute Gasteiger partial charge is 0.485 e. The minimum atomic E-state index is -0.958. The molecule has 2 heterocycles. The fourth-order valence-corrected chi connectivity index (χ4v) is 2.53. The summed E-state index contributed by atoms with van der Waals surface area (Å²) in [5.74, 6) is -0.550. The lowest BCUT2D eigenvalue weighted by molar-refractivity contribution is 0.0697. The highest BCUT2D eigenvalue weighted by Crippen LogP contribution is 2.25. The number of ether oxygens (including phenoxy) is 1. The van der Waals surface area contributed by atoms with Crippen LogP contribution in [0.5, 0.6) is 5.75 Å². The summed E-state index contributed by atoms with van der Waals surface area (Å²) >= 11 is 2.66. The maximum Gasteiger partial charge on any atom is 0.349 e. The van der Waals surface area contributed by atoms with Gasteiger partial charge in [0.2, 0.25) is 0 Å². The molecule has 0 bridgehead atoms. The number of carboxylic acids is 1. The molecule has 16 heavy (non-hydrogen) atoms. The number of hydrogen-bond acceptors (Lipinski definition) is 5. The smallest absolute Gasteiger partial charge is 0.349 e. The van der Waals surface area contributed by atoms with Gasteiger partial charge in [-0.1, -0.05) is 0 Å². The molecule has 0 aliphatic rings. The summed E-state index contributed by atoms with van der Waals surface area (Å²) in [6.45, 7) is 2.22. The summed E-state index contributed by atoms with van der Waals surface area (Å²) in [5.41, 5.74) is 0.951. The van der Waals surface area contributed by atoms with E-state index < -0.39 is 5.97 Å². The Morgan fingerprint density at radius 1 is 1.56 bits per heavy atom. The first-order chi connectivity index (χ1) is 7.66. The van der Waals surface area contributed by atoms with E-state index in [9.17, 15) is 4.79 Å². The van der Waals surface area contributed by atoms with E-state index >= 15 is 0 Å². The first-order valence-corrected chi connectivity index (χ1v) is 6.27. The second-order valence-corrected chi connectivity index (χ2v) is 4.95. The number of hydrogen-bond donors (Lipinski definition) is 1. The summed E-state index contributed by atoms with van der Waals surface area (Å²) < 4.78 is 5.42. The van der Waals surface area contributed by atoms with Crippen LogP contribution in [0.4, 0.5) is 0 Å². The molecule has 0 spiro atoms. The first-order valence-electron chi connectivity index (χ1n) is 4.51. The number of thiazole rings is 1. The van der Waals surface area contributed by atoms with Crippen molar-refractivity contribution in [3.05, 3.63) is 32.4 Å². The third kappa shape index (κ3) is 2.40. The molecule has 0 saturated carbocycles. The van der Waals surface area contributed by atoms with E-state index in [1.54, 1.807) is 11.4 Å². The molecule has 0 aliphatic carbocycles. The number of carboxylic acid groups (broad SMARTS) is 1. The molecule has 0 radical (unpaired) electrons. The molecule has 6 heteroatoms. The Hall–Kier alpha value is -1.40. The van der Waals surface area contributed by atoms with Gasteiger partial charge in [0.25, 0.3) is 0 Å². The second kappa shape index (κ2) is 4.63. The van der Waals surface area contributed by atoms with Crippen LogP contribution in [0, 0.1) is 6.92 Å². The molecule has 0 unspecified atom stereocenters. The molecule has 0 atom stereocenters. The highest BCUT2D eigenvalue weighted by Gasteiger charge is 2.13. The Balaban J connectivity index is 2.04. The van der Waals surface area contributed by atoms with Crippen molar-refractivity contribution in [1.82, 2.24) is 4.98 Å². The summed E-state index contributed by atoms with van der Waals surface area (Å²) in [6, 6.07) is 1.66. The van der Waals surface area contributed by atoms with E-state index in [1.165, 1.54) is 11.3 Å². The molecular formula is C10H9NO3S2. The van der Waals surface area contributed by atoms with Gasteiger partial charge >= 0.3 is 5.97 Å². The molecule has 0 saturated heterocycles. The van der Waals surface area contributed by atoms with E-state index in [2.05, 4.69) is 4.98 Å². The summed E-state index contributed by atoms with van der Waals surface area (Å²) in [5, 5.41) is 13.4. The molecule has 4 nitrogen and oxygen atoms in total. The standard InChI is InChI=1S/C10H9NO3S2/c1-6-5-16-8(11-6)4-14-7-2-3-15-9(7)10(12)13/h2-3,5H,4H2,1H3,(H,12,13). The van der Waals surface area contributed by atoms with Crippen molar-refractivity contribution in [2.45, 2.75) is 13.5 Å². The predicted molar refractivity (Wildman–Crippen MR) is 62.5 cm³/mol. The van der Waals surface area contributed by atoms with Crippen LogP contribution in [-0.2, 0) is 6.61 Å². The van der Waals surface area contributed by atoms with Gasteiger partial charge in [0.15, 0.2) is 4.88 Å². The van der Waals surface area contributed by atoms with Crippen molar-refractivity contribution < 1.29 is 14.6 Å². The Morgan fingerprint density at radius 2 is 2.38 bits per heavy atom. The molecule has 2 rings (SSSR count). The fourth-order valence-electron chi connectivity index (χ4n) is 1.18. The molecule has 0 aliphatic heterocycles. The van der Waals surface area contributed by atoms with Gasteiger partial charge in [0.1, 0.15) is 17.4 Å². The van der Waals surface area contributed by atoms with Crippen LogP contribution in [0.15, 0.2) is 16.8 Å². The van der Waals surface area contributed by atoms with Crippen molar-refractivity contribution in [3.63, 3.8) is 0 Å². The SMILES string of the molecule is Cc1csc(COc2ccsc2C(=O)O)n1. The fraction of sp³-hybridized carbons (Fsp3) is 0.200. The van der Waals surface area contributed by atoms with Crippen molar-refractivity contribution in [3.8, 4) is 5.75 Å². The van der Waals surface area contributed by atoms with Crippen LogP contribution < -0.4 is 4.74 Å². The van der Waals surface area contributed by atoms with E-state index in [0.717, 1.165) is 22.0 Å². The molecule has 0 fully saturated rings. The Kier molecular flexibility index (Phi) is 3.21. The highest BCUT2D eigenvalue weighted by molar-refractivity contribution is 7.12. The topological polar surface area (TPSA) is 59.4 Å². The molecule has 2 aromatic heterocycles. The number of aromatic carboxylic acids is 1. The van der Waals surface area contributed by atoms with Crippen molar-refractivity contribution >= 4 is 28.6 Å². The first kappa shape index (κ1) is 11.1. The Labute approximate surface area is 100 Å². The van der Waals surface area contributed by atoms with Crippen molar-refractivity contribution in [2.24, 2.45) is 0 Å². The molecule has 0 aromatic carbocycles. The predicted octanol–water partition coefficient (Wildman–Crippen LogP) is 2.79. The molecule has 2 aromatic rings. The number of rotatable bonds is 4. The number of thiophene rings is 1. The normalized spacial score (nSPS) is 10.3. The monoisotopic (exact) mass is 255 g/mol. The van der Waals surface area contributed by atoms with Gasteiger partial charge in [0, 0.05) is 11.1 Å². The molecular weight excluding hydrogens is 246 g/mol.